The maximum absolute atomic E-state index is 6.69. The molecule has 2 unspecified atom stereocenters. The summed E-state index contributed by atoms with van der Waals surface area (Å²) in [6.45, 7) is 7.19. The van der Waals surface area contributed by atoms with Crippen LogP contribution in [0.15, 0.2) is 30.3 Å². The molecule has 2 aliphatic carbocycles. The third-order valence-corrected chi connectivity index (χ3v) is 5.04. The van der Waals surface area contributed by atoms with Gasteiger partial charge in [0.25, 0.3) is 0 Å². The Morgan fingerprint density at radius 3 is 1.95 bits per heavy atom. The summed E-state index contributed by atoms with van der Waals surface area (Å²) in [5.74, 6) is 2.47. The molecule has 2 heteroatoms. The zero-order valence-electron chi connectivity index (χ0n) is 13.5. The number of nitrogens with two attached hydrogens (primary N) is 1. The van der Waals surface area contributed by atoms with Crippen molar-refractivity contribution in [1.82, 2.24) is 4.90 Å². The van der Waals surface area contributed by atoms with E-state index in [1.54, 1.807) is 0 Å². The fraction of sp³-hybridized carbons (Fsp3) is 0.684. The molecule has 0 bridgehead atoms. The van der Waals surface area contributed by atoms with Gasteiger partial charge in [0, 0.05) is 25.2 Å². The molecule has 116 valence electrons. The van der Waals surface area contributed by atoms with Crippen molar-refractivity contribution in [3.8, 4) is 0 Å². The zero-order chi connectivity index (χ0) is 14.8. The fourth-order valence-electron chi connectivity index (χ4n) is 3.52. The molecule has 3 rings (SSSR count). The Balaban J connectivity index is 1.76. The highest BCUT2D eigenvalue weighted by molar-refractivity contribution is 5.20. The van der Waals surface area contributed by atoms with Gasteiger partial charge in [0.05, 0.1) is 0 Å². The van der Waals surface area contributed by atoms with Gasteiger partial charge >= 0.3 is 0 Å². The molecule has 1 aromatic carbocycles. The van der Waals surface area contributed by atoms with Crippen LogP contribution in [0.3, 0.4) is 0 Å². The van der Waals surface area contributed by atoms with E-state index >= 15 is 0 Å². The largest absolute Gasteiger partial charge is 0.323 e. The smallest absolute Gasteiger partial charge is 0.0455 e. The van der Waals surface area contributed by atoms with E-state index in [9.17, 15) is 0 Å². The molecule has 2 fully saturated rings. The summed E-state index contributed by atoms with van der Waals surface area (Å²) in [6.07, 6.45) is 5.69. The van der Waals surface area contributed by atoms with Crippen LogP contribution in [-0.2, 0) is 0 Å². The first kappa shape index (κ1) is 15.1. The van der Waals surface area contributed by atoms with Crippen LogP contribution < -0.4 is 5.73 Å². The predicted octanol–water partition coefficient (Wildman–Crippen LogP) is 3.83. The molecule has 2 N–H and O–H groups in total. The summed E-state index contributed by atoms with van der Waals surface area (Å²) in [5, 5.41) is 0. The molecule has 0 radical (unpaired) electrons. The lowest BCUT2D eigenvalue weighted by Gasteiger charge is -2.39. The maximum Gasteiger partial charge on any atom is 0.0455 e. The predicted molar refractivity (Wildman–Crippen MR) is 89.0 cm³/mol. The highest BCUT2D eigenvalue weighted by Crippen LogP contribution is 2.37. The summed E-state index contributed by atoms with van der Waals surface area (Å²) in [6, 6.07) is 11.3. The molecular formula is C19H30N2. The van der Waals surface area contributed by atoms with E-state index in [4.69, 9.17) is 5.73 Å². The normalized spacial score (nSPS) is 21.8. The molecule has 2 atom stereocenters. The van der Waals surface area contributed by atoms with Crippen molar-refractivity contribution in [2.24, 2.45) is 23.5 Å². The van der Waals surface area contributed by atoms with E-state index in [1.807, 2.05) is 0 Å². The van der Waals surface area contributed by atoms with Crippen molar-refractivity contribution in [2.45, 2.75) is 51.6 Å². The molecule has 1 aromatic rings. The summed E-state index contributed by atoms with van der Waals surface area (Å²) in [7, 11) is 0. The van der Waals surface area contributed by atoms with Crippen molar-refractivity contribution < 1.29 is 0 Å². The first-order valence-electron chi connectivity index (χ1n) is 8.69. The molecule has 0 heterocycles. The standard InChI is InChI=1S/C19H30N2/c1-14(2)19(18(20)17-6-4-3-5-7-17)21(12-15-8-9-15)13-16-10-11-16/h3-7,14-16,18-19H,8-13,20H2,1-2H3. The summed E-state index contributed by atoms with van der Waals surface area (Å²) in [5.41, 5.74) is 7.98. The monoisotopic (exact) mass is 286 g/mol. The van der Waals surface area contributed by atoms with Crippen LogP contribution in [-0.4, -0.2) is 24.0 Å². The Morgan fingerprint density at radius 1 is 1.00 bits per heavy atom. The molecule has 0 amide bonds. The molecule has 0 aliphatic heterocycles. The van der Waals surface area contributed by atoms with Crippen molar-refractivity contribution in [1.29, 1.82) is 0 Å². The van der Waals surface area contributed by atoms with Gasteiger partial charge in [0.15, 0.2) is 0 Å². The second-order valence-corrected chi connectivity index (χ2v) is 7.51. The van der Waals surface area contributed by atoms with Crippen LogP contribution >= 0.6 is 0 Å². The van der Waals surface area contributed by atoms with Crippen LogP contribution in [0.25, 0.3) is 0 Å². The van der Waals surface area contributed by atoms with Gasteiger partial charge in [-0.15, -0.1) is 0 Å². The van der Waals surface area contributed by atoms with Gasteiger partial charge < -0.3 is 5.73 Å². The number of rotatable bonds is 8. The third-order valence-electron chi connectivity index (χ3n) is 5.04. The summed E-state index contributed by atoms with van der Waals surface area (Å²) in [4.78, 5) is 2.73. The SMILES string of the molecule is CC(C)C(C(N)c1ccccc1)N(CC1CC1)CC1CC1. The summed E-state index contributed by atoms with van der Waals surface area (Å²) >= 11 is 0. The lowest BCUT2D eigenvalue weighted by Crippen LogP contribution is -2.48. The van der Waals surface area contributed by atoms with Crippen LogP contribution in [0.2, 0.25) is 0 Å². The zero-order valence-corrected chi connectivity index (χ0v) is 13.5. The van der Waals surface area contributed by atoms with E-state index in [0.717, 1.165) is 11.8 Å². The first-order chi connectivity index (χ1) is 10.1. The number of benzene rings is 1. The molecule has 2 saturated carbocycles. The highest BCUT2D eigenvalue weighted by atomic mass is 15.2. The Hall–Kier alpha value is -0.860. The van der Waals surface area contributed by atoms with Gasteiger partial charge in [0.2, 0.25) is 0 Å². The Bertz CT molecular complexity index is 420. The van der Waals surface area contributed by atoms with Gasteiger partial charge in [0.1, 0.15) is 0 Å². The molecule has 0 saturated heterocycles. The minimum Gasteiger partial charge on any atom is -0.323 e. The van der Waals surface area contributed by atoms with E-state index in [-0.39, 0.29) is 6.04 Å². The topological polar surface area (TPSA) is 29.3 Å². The Kier molecular flexibility index (Phi) is 4.66. The fourth-order valence-corrected chi connectivity index (χ4v) is 3.52. The van der Waals surface area contributed by atoms with Crippen LogP contribution in [0.5, 0.6) is 0 Å². The van der Waals surface area contributed by atoms with Crippen molar-refractivity contribution in [3.05, 3.63) is 35.9 Å². The Labute approximate surface area is 129 Å². The van der Waals surface area contributed by atoms with Crippen LogP contribution in [0.1, 0.15) is 51.1 Å². The highest BCUT2D eigenvalue weighted by Gasteiger charge is 2.36. The third kappa shape index (κ3) is 4.08. The van der Waals surface area contributed by atoms with Crippen molar-refractivity contribution in [3.63, 3.8) is 0 Å². The van der Waals surface area contributed by atoms with Crippen molar-refractivity contribution >= 4 is 0 Å². The average molecular weight is 286 g/mol. The minimum atomic E-state index is 0.128. The lowest BCUT2D eigenvalue weighted by molar-refractivity contribution is 0.118. The minimum absolute atomic E-state index is 0.128. The average Bonchev–Trinajstić information content (AvgIpc) is 3.35. The van der Waals surface area contributed by atoms with Gasteiger partial charge in [-0.1, -0.05) is 44.2 Å². The molecule has 2 nitrogen and oxygen atoms in total. The van der Waals surface area contributed by atoms with E-state index in [0.29, 0.717) is 12.0 Å². The molecule has 0 aromatic heterocycles. The number of hydrogen-bond acceptors (Lipinski definition) is 2. The maximum atomic E-state index is 6.69. The van der Waals surface area contributed by atoms with Gasteiger partial charge in [-0.2, -0.15) is 0 Å². The second kappa shape index (κ2) is 6.50. The van der Waals surface area contributed by atoms with E-state index in [1.165, 1.54) is 44.3 Å². The molecular weight excluding hydrogens is 256 g/mol. The lowest BCUT2D eigenvalue weighted by atomic mass is 9.90. The quantitative estimate of drug-likeness (QED) is 0.787. The summed E-state index contributed by atoms with van der Waals surface area (Å²) < 4.78 is 0. The first-order valence-corrected chi connectivity index (χ1v) is 8.69. The number of nitrogens with zero attached hydrogens (tertiary/aromatic N) is 1. The van der Waals surface area contributed by atoms with Crippen molar-refractivity contribution in [2.75, 3.05) is 13.1 Å². The molecule has 0 spiro atoms. The second-order valence-electron chi connectivity index (χ2n) is 7.51. The van der Waals surface area contributed by atoms with E-state index in [2.05, 4.69) is 49.1 Å². The van der Waals surface area contributed by atoms with Gasteiger partial charge in [-0.25, -0.2) is 0 Å². The van der Waals surface area contributed by atoms with Gasteiger partial charge in [-0.3, -0.25) is 4.90 Å². The molecule has 2 aliphatic rings. The Morgan fingerprint density at radius 2 is 1.52 bits per heavy atom. The number of hydrogen-bond donors (Lipinski definition) is 1. The van der Waals surface area contributed by atoms with Gasteiger partial charge in [-0.05, 0) is 49.0 Å². The van der Waals surface area contributed by atoms with E-state index < -0.39 is 0 Å². The molecule has 21 heavy (non-hydrogen) atoms. The van der Waals surface area contributed by atoms with Crippen LogP contribution in [0.4, 0.5) is 0 Å². The van der Waals surface area contributed by atoms with Crippen LogP contribution in [0, 0.1) is 17.8 Å².